The number of aromatic nitrogens is 2. The first-order valence-corrected chi connectivity index (χ1v) is 3.34. The van der Waals surface area contributed by atoms with Gasteiger partial charge >= 0.3 is 0 Å². The number of hydrogen-bond donors (Lipinski definition) is 0. The van der Waals surface area contributed by atoms with Gasteiger partial charge in [0, 0.05) is 0 Å². The summed E-state index contributed by atoms with van der Waals surface area (Å²) < 4.78 is 4.29. The molecule has 0 unspecified atom stereocenters. The third kappa shape index (κ3) is 1.10. The number of hydrogen-bond acceptors (Lipinski definition) is 4. The Kier molecular flexibility index (Phi) is 1.69. The van der Waals surface area contributed by atoms with Crippen LogP contribution in [0.5, 0.6) is 0 Å². The quantitative estimate of drug-likeness (QED) is 0.627. The normalized spacial score (nSPS) is 9.12. The summed E-state index contributed by atoms with van der Waals surface area (Å²) in [5, 5.41) is 0. The second-order valence-electron chi connectivity index (χ2n) is 1.02. The Hall–Kier alpha value is -0.290. The van der Waals surface area contributed by atoms with Gasteiger partial charge in [0.25, 0.3) is 0 Å². The van der Waals surface area contributed by atoms with Gasteiger partial charge in [0.2, 0.25) is 5.82 Å². The molecule has 0 bridgehead atoms. The van der Waals surface area contributed by atoms with Crippen molar-refractivity contribution in [1.29, 1.82) is 0 Å². The molecule has 0 aromatic carbocycles. The van der Waals surface area contributed by atoms with Crippen LogP contribution in [0, 0.1) is 0 Å². The minimum atomic E-state index is 0.238. The average Bonchev–Trinajstić information content (AvgIpc) is 2.14. The molecule has 0 aliphatic heterocycles. The van der Waals surface area contributed by atoms with Crippen LogP contribution >= 0.6 is 27.5 Å². The molecule has 5 heteroatoms. The maximum atomic E-state index is 9.88. The van der Waals surface area contributed by atoms with Gasteiger partial charge in [-0.3, -0.25) is 4.79 Å². The molecule has 0 saturated heterocycles. The second-order valence-corrected chi connectivity index (χ2v) is 3.05. The van der Waals surface area contributed by atoms with Crippen LogP contribution in [0.15, 0.2) is 3.92 Å². The van der Waals surface area contributed by atoms with Crippen molar-refractivity contribution in [2.45, 2.75) is 0 Å². The zero-order chi connectivity index (χ0) is 5.98. The predicted molar refractivity (Wildman–Crippen MR) is 33.0 cm³/mol. The van der Waals surface area contributed by atoms with E-state index in [-0.39, 0.29) is 5.82 Å². The molecule has 0 amide bonds. The molecule has 1 rings (SSSR count). The van der Waals surface area contributed by atoms with Gasteiger partial charge in [-0.25, -0.2) is 4.98 Å². The summed E-state index contributed by atoms with van der Waals surface area (Å²) in [5.41, 5.74) is 0. The van der Waals surface area contributed by atoms with Gasteiger partial charge in [-0.1, -0.05) is 0 Å². The van der Waals surface area contributed by atoms with Gasteiger partial charge in [0.1, 0.15) is 0 Å². The van der Waals surface area contributed by atoms with Gasteiger partial charge in [-0.05, 0) is 27.5 Å². The maximum Gasteiger partial charge on any atom is 0.206 e. The first-order chi connectivity index (χ1) is 3.83. The third-order valence-corrected chi connectivity index (χ3v) is 1.65. The standard InChI is InChI=1S/C3HBrN2OS/c4-3-5-2(1-7)6-8-3/h1H. The Labute approximate surface area is 58.0 Å². The van der Waals surface area contributed by atoms with E-state index in [0.717, 1.165) is 11.5 Å². The van der Waals surface area contributed by atoms with Crippen LogP contribution in [0.3, 0.4) is 0 Å². The van der Waals surface area contributed by atoms with Crippen LogP contribution in [-0.4, -0.2) is 15.6 Å². The van der Waals surface area contributed by atoms with Crippen LogP contribution in [0.25, 0.3) is 0 Å². The molecule has 42 valence electrons. The molecule has 0 N–H and O–H groups in total. The summed E-state index contributed by atoms with van der Waals surface area (Å²) in [5.74, 6) is 0.238. The number of carbonyl (C=O) groups excluding carboxylic acids is 1. The Morgan fingerprint density at radius 3 is 2.75 bits per heavy atom. The Balaban J connectivity index is 3.00. The molecule has 0 spiro atoms. The topological polar surface area (TPSA) is 42.9 Å². The van der Waals surface area contributed by atoms with Crippen molar-refractivity contribution in [3.8, 4) is 0 Å². The molecule has 0 radical (unpaired) electrons. The van der Waals surface area contributed by atoms with Crippen molar-refractivity contribution in [3.63, 3.8) is 0 Å². The highest BCUT2D eigenvalue weighted by Crippen LogP contribution is 2.09. The molecule has 1 heterocycles. The molecule has 0 fully saturated rings. The summed E-state index contributed by atoms with van der Waals surface area (Å²) in [7, 11) is 0. The van der Waals surface area contributed by atoms with E-state index in [2.05, 4.69) is 25.3 Å². The van der Waals surface area contributed by atoms with Crippen molar-refractivity contribution < 1.29 is 4.79 Å². The van der Waals surface area contributed by atoms with Gasteiger partial charge in [0.15, 0.2) is 10.2 Å². The van der Waals surface area contributed by atoms with Crippen LogP contribution in [0.1, 0.15) is 10.6 Å². The van der Waals surface area contributed by atoms with Crippen LogP contribution in [-0.2, 0) is 0 Å². The largest absolute Gasteiger partial charge is 0.294 e. The van der Waals surface area contributed by atoms with E-state index >= 15 is 0 Å². The highest BCUT2D eigenvalue weighted by atomic mass is 79.9. The van der Waals surface area contributed by atoms with E-state index < -0.39 is 0 Å². The van der Waals surface area contributed by atoms with Gasteiger partial charge in [-0.2, -0.15) is 4.37 Å². The van der Waals surface area contributed by atoms with Crippen molar-refractivity contribution in [2.75, 3.05) is 0 Å². The molecule has 0 aliphatic carbocycles. The Morgan fingerprint density at radius 1 is 1.75 bits per heavy atom. The molecule has 1 aromatic heterocycles. The summed E-state index contributed by atoms with van der Waals surface area (Å²) in [6.07, 6.45) is 0.612. The number of aldehydes is 1. The summed E-state index contributed by atoms with van der Waals surface area (Å²) in [4.78, 5) is 13.6. The van der Waals surface area contributed by atoms with E-state index in [1.807, 2.05) is 0 Å². The average molecular weight is 193 g/mol. The minimum absolute atomic E-state index is 0.238. The molecule has 8 heavy (non-hydrogen) atoms. The predicted octanol–water partition coefficient (Wildman–Crippen LogP) is 1.11. The highest BCUT2D eigenvalue weighted by Gasteiger charge is 1.95. The first kappa shape index (κ1) is 5.84. The van der Waals surface area contributed by atoms with Crippen molar-refractivity contribution in [3.05, 3.63) is 9.74 Å². The van der Waals surface area contributed by atoms with Crippen LogP contribution < -0.4 is 0 Å². The molecule has 1 aromatic rings. The van der Waals surface area contributed by atoms with Crippen LogP contribution in [0.2, 0.25) is 0 Å². The smallest absolute Gasteiger partial charge is 0.206 e. The van der Waals surface area contributed by atoms with Gasteiger partial charge in [-0.15, -0.1) is 0 Å². The zero-order valence-corrected chi connectivity index (χ0v) is 6.07. The van der Waals surface area contributed by atoms with E-state index in [1.54, 1.807) is 0 Å². The Bertz CT molecular complexity index is 199. The third-order valence-electron chi connectivity index (χ3n) is 0.522. The van der Waals surface area contributed by atoms with Crippen molar-refractivity contribution in [1.82, 2.24) is 9.36 Å². The fraction of sp³-hybridized carbons (Fsp3) is 0. The fourth-order valence-electron chi connectivity index (χ4n) is 0.263. The van der Waals surface area contributed by atoms with E-state index in [1.165, 1.54) is 0 Å². The van der Waals surface area contributed by atoms with Gasteiger partial charge in [0.05, 0.1) is 0 Å². The first-order valence-electron chi connectivity index (χ1n) is 1.77. The van der Waals surface area contributed by atoms with Gasteiger partial charge < -0.3 is 0 Å². The maximum absolute atomic E-state index is 9.88. The number of halogens is 1. The van der Waals surface area contributed by atoms with E-state index in [4.69, 9.17) is 0 Å². The lowest BCUT2D eigenvalue weighted by Gasteiger charge is -1.66. The lowest BCUT2D eigenvalue weighted by atomic mass is 10.7. The molecule has 3 nitrogen and oxygen atoms in total. The number of rotatable bonds is 1. The molecule has 0 atom stereocenters. The molecule has 0 saturated carbocycles. The monoisotopic (exact) mass is 192 g/mol. The fourth-order valence-corrected chi connectivity index (χ4v) is 1.05. The van der Waals surface area contributed by atoms with E-state index in [0.29, 0.717) is 10.2 Å². The lowest BCUT2D eigenvalue weighted by Crippen LogP contribution is -1.78. The van der Waals surface area contributed by atoms with E-state index in [9.17, 15) is 4.79 Å². The lowest BCUT2D eigenvalue weighted by molar-refractivity contribution is 0.111. The number of carbonyl (C=O) groups is 1. The zero-order valence-electron chi connectivity index (χ0n) is 3.67. The summed E-state index contributed by atoms with van der Waals surface area (Å²) in [6.45, 7) is 0. The second kappa shape index (κ2) is 2.32. The molecular formula is C3HBrN2OS. The molecule has 0 aliphatic rings. The minimum Gasteiger partial charge on any atom is -0.294 e. The number of nitrogens with zero attached hydrogens (tertiary/aromatic N) is 2. The summed E-state index contributed by atoms with van der Waals surface area (Å²) >= 11 is 4.21. The highest BCUT2D eigenvalue weighted by molar-refractivity contribution is 9.11. The summed E-state index contributed by atoms with van der Waals surface area (Å²) in [6, 6.07) is 0. The van der Waals surface area contributed by atoms with Crippen LogP contribution in [0.4, 0.5) is 0 Å². The molecular weight excluding hydrogens is 192 g/mol. The SMILES string of the molecule is O=Cc1nsc(Br)n1. The Morgan fingerprint density at radius 2 is 2.50 bits per heavy atom. The van der Waals surface area contributed by atoms with Crippen molar-refractivity contribution >= 4 is 33.7 Å². The van der Waals surface area contributed by atoms with Crippen molar-refractivity contribution in [2.24, 2.45) is 0 Å².